The van der Waals surface area contributed by atoms with Gasteiger partial charge >= 0.3 is 0 Å². The van der Waals surface area contributed by atoms with Gasteiger partial charge in [-0.05, 0) is 37.3 Å². The van der Waals surface area contributed by atoms with E-state index >= 15 is 0 Å². The van der Waals surface area contributed by atoms with Gasteiger partial charge in [0.1, 0.15) is 5.82 Å². The number of nitrogens with one attached hydrogen (secondary N) is 2. The Morgan fingerprint density at radius 2 is 2.05 bits per heavy atom. The first-order chi connectivity index (χ1) is 9.02. The lowest BCUT2D eigenvalue weighted by molar-refractivity contribution is 0.0934. The summed E-state index contributed by atoms with van der Waals surface area (Å²) in [6.45, 7) is 4.93. The Morgan fingerprint density at radius 3 is 2.68 bits per heavy atom. The average molecular weight is 261 g/mol. The van der Waals surface area contributed by atoms with Crippen molar-refractivity contribution in [3.63, 3.8) is 0 Å². The molecule has 0 aliphatic heterocycles. The molecule has 0 atom stereocenters. The van der Waals surface area contributed by atoms with E-state index in [4.69, 9.17) is 0 Å². The number of carbonyl (C=O) groups excluding carboxylic acids is 1. The zero-order valence-corrected chi connectivity index (χ0v) is 12.0. The standard InChI is InChI=1S/C15H23N3O/c1-11-8-12(9-13(16-3)18-11)14(19)17-10-15(2)6-4-5-7-15/h8-9H,4-7,10H2,1-3H3,(H,16,18)(H,17,19). The van der Waals surface area contributed by atoms with Gasteiger partial charge in [-0.2, -0.15) is 0 Å². The maximum atomic E-state index is 12.2. The van der Waals surface area contributed by atoms with Gasteiger partial charge in [0.25, 0.3) is 5.91 Å². The number of hydrogen-bond acceptors (Lipinski definition) is 3. The summed E-state index contributed by atoms with van der Waals surface area (Å²) in [6, 6.07) is 3.62. The summed E-state index contributed by atoms with van der Waals surface area (Å²) < 4.78 is 0. The summed E-state index contributed by atoms with van der Waals surface area (Å²) in [5.74, 6) is 0.729. The Kier molecular flexibility index (Phi) is 4.08. The number of pyridine rings is 1. The van der Waals surface area contributed by atoms with Crippen LogP contribution in [0.4, 0.5) is 5.82 Å². The summed E-state index contributed by atoms with van der Waals surface area (Å²) in [7, 11) is 1.81. The average Bonchev–Trinajstić information content (AvgIpc) is 2.82. The predicted octanol–water partition coefficient (Wildman–Crippen LogP) is 2.74. The van der Waals surface area contributed by atoms with Crippen molar-refractivity contribution >= 4 is 11.7 Å². The summed E-state index contributed by atoms with van der Waals surface area (Å²) in [4.78, 5) is 16.5. The molecule has 1 fully saturated rings. The molecule has 0 aromatic carbocycles. The third-order valence-corrected chi connectivity index (χ3v) is 3.96. The Balaban J connectivity index is 2.01. The number of nitrogens with zero attached hydrogens (tertiary/aromatic N) is 1. The minimum Gasteiger partial charge on any atom is -0.373 e. The topological polar surface area (TPSA) is 54.0 Å². The van der Waals surface area contributed by atoms with Gasteiger partial charge in [0.2, 0.25) is 0 Å². The monoisotopic (exact) mass is 261 g/mol. The van der Waals surface area contributed by atoms with Gasteiger partial charge in [-0.25, -0.2) is 4.98 Å². The lowest BCUT2D eigenvalue weighted by atomic mass is 9.89. The van der Waals surface area contributed by atoms with Crippen molar-refractivity contribution < 1.29 is 4.79 Å². The maximum Gasteiger partial charge on any atom is 0.251 e. The molecule has 1 heterocycles. The number of anilines is 1. The fraction of sp³-hybridized carbons (Fsp3) is 0.600. The third-order valence-electron chi connectivity index (χ3n) is 3.96. The quantitative estimate of drug-likeness (QED) is 0.876. The second-order valence-corrected chi connectivity index (χ2v) is 5.83. The summed E-state index contributed by atoms with van der Waals surface area (Å²) in [6.07, 6.45) is 4.99. The van der Waals surface area contributed by atoms with E-state index in [1.807, 2.05) is 20.0 Å². The minimum atomic E-state index is -0.00451. The van der Waals surface area contributed by atoms with E-state index in [0.29, 0.717) is 5.56 Å². The van der Waals surface area contributed by atoms with E-state index in [1.165, 1.54) is 25.7 Å². The number of carbonyl (C=O) groups is 1. The summed E-state index contributed by atoms with van der Waals surface area (Å²) in [5, 5.41) is 6.04. The Morgan fingerprint density at radius 1 is 1.37 bits per heavy atom. The highest BCUT2D eigenvalue weighted by Gasteiger charge is 2.28. The molecule has 2 rings (SSSR count). The fourth-order valence-electron chi connectivity index (χ4n) is 2.73. The Labute approximate surface area is 115 Å². The van der Waals surface area contributed by atoms with Crippen LogP contribution >= 0.6 is 0 Å². The summed E-state index contributed by atoms with van der Waals surface area (Å²) in [5.41, 5.74) is 1.81. The molecule has 4 heteroatoms. The third kappa shape index (κ3) is 3.46. The number of rotatable bonds is 4. The Hall–Kier alpha value is -1.58. The second kappa shape index (κ2) is 5.59. The van der Waals surface area contributed by atoms with E-state index in [9.17, 15) is 4.79 Å². The van der Waals surface area contributed by atoms with E-state index in [2.05, 4.69) is 22.5 Å². The second-order valence-electron chi connectivity index (χ2n) is 5.83. The van der Waals surface area contributed by atoms with Crippen molar-refractivity contribution in [1.82, 2.24) is 10.3 Å². The van der Waals surface area contributed by atoms with E-state index in [-0.39, 0.29) is 11.3 Å². The van der Waals surface area contributed by atoms with Crippen LogP contribution in [0.3, 0.4) is 0 Å². The molecule has 2 N–H and O–H groups in total. The molecule has 0 unspecified atom stereocenters. The highest BCUT2D eigenvalue weighted by Crippen LogP contribution is 2.36. The molecular weight excluding hydrogens is 238 g/mol. The van der Waals surface area contributed by atoms with Crippen LogP contribution in [0.25, 0.3) is 0 Å². The first-order valence-corrected chi connectivity index (χ1v) is 6.97. The van der Waals surface area contributed by atoms with Gasteiger partial charge in [-0.1, -0.05) is 19.8 Å². The van der Waals surface area contributed by atoms with Crippen LogP contribution in [0, 0.1) is 12.3 Å². The molecule has 0 bridgehead atoms. The van der Waals surface area contributed by atoms with Crippen LogP contribution in [-0.4, -0.2) is 24.5 Å². The molecule has 1 aromatic heterocycles. The lowest BCUT2D eigenvalue weighted by Crippen LogP contribution is -2.34. The molecule has 19 heavy (non-hydrogen) atoms. The molecule has 1 amide bonds. The van der Waals surface area contributed by atoms with Crippen molar-refractivity contribution in [1.29, 1.82) is 0 Å². The van der Waals surface area contributed by atoms with Crippen molar-refractivity contribution in [3.8, 4) is 0 Å². The number of amides is 1. The molecular formula is C15H23N3O. The molecule has 1 aliphatic carbocycles. The van der Waals surface area contributed by atoms with Gasteiger partial charge in [-0.15, -0.1) is 0 Å². The molecule has 0 radical (unpaired) electrons. The molecule has 1 aromatic rings. The van der Waals surface area contributed by atoms with Crippen molar-refractivity contribution in [3.05, 3.63) is 23.4 Å². The van der Waals surface area contributed by atoms with Crippen molar-refractivity contribution in [2.24, 2.45) is 5.41 Å². The van der Waals surface area contributed by atoms with E-state index in [1.54, 1.807) is 6.07 Å². The van der Waals surface area contributed by atoms with Gasteiger partial charge in [0, 0.05) is 24.8 Å². The van der Waals surface area contributed by atoms with E-state index < -0.39 is 0 Å². The molecule has 0 spiro atoms. The zero-order chi connectivity index (χ0) is 13.9. The molecule has 0 saturated heterocycles. The minimum absolute atomic E-state index is 0.00451. The first kappa shape index (κ1) is 13.8. The van der Waals surface area contributed by atoms with Crippen LogP contribution in [0.15, 0.2) is 12.1 Å². The molecule has 1 aliphatic rings. The van der Waals surface area contributed by atoms with Crippen LogP contribution in [0.1, 0.15) is 48.7 Å². The van der Waals surface area contributed by atoms with Crippen LogP contribution in [0.5, 0.6) is 0 Å². The van der Waals surface area contributed by atoms with Crippen LogP contribution in [-0.2, 0) is 0 Å². The van der Waals surface area contributed by atoms with Gasteiger partial charge in [-0.3, -0.25) is 4.79 Å². The molecule has 4 nitrogen and oxygen atoms in total. The van der Waals surface area contributed by atoms with Crippen molar-refractivity contribution in [2.75, 3.05) is 18.9 Å². The molecule has 104 valence electrons. The Bertz CT molecular complexity index is 464. The number of aromatic nitrogens is 1. The smallest absolute Gasteiger partial charge is 0.251 e. The maximum absolute atomic E-state index is 12.2. The largest absolute Gasteiger partial charge is 0.373 e. The highest BCUT2D eigenvalue weighted by molar-refractivity contribution is 5.95. The first-order valence-electron chi connectivity index (χ1n) is 6.97. The zero-order valence-electron chi connectivity index (χ0n) is 12.0. The van der Waals surface area contributed by atoms with Gasteiger partial charge < -0.3 is 10.6 Å². The normalized spacial score (nSPS) is 17.2. The number of hydrogen-bond donors (Lipinski definition) is 2. The van der Waals surface area contributed by atoms with Gasteiger partial charge in [0.15, 0.2) is 0 Å². The SMILES string of the molecule is CNc1cc(C(=O)NCC2(C)CCCC2)cc(C)n1. The lowest BCUT2D eigenvalue weighted by Gasteiger charge is -2.23. The van der Waals surface area contributed by atoms with Gasteiger partial charge in [0.05, 0.1) is 0 Å². The highest BCUT2D eigenvalue weighted by atomic mass is 16.1. The van der Waals surface area contributed by atoms with Crippen LogP contribution < -0.4 is 10.6 Å². The van der Waals surface area contributed by atoms with Crippen molar-refractivity contribution in [2.45, 2.75) is 39.5 Å². The molecule has 1 saturated carbocycles. The van der Waals surface area contributed by atoms with Crippen LogP contribution in [0.2, 0.25) is 0 Å². The number of aryl methyl sites for hydroxylation is 1. The van der Waals surface area contributed by atoms with E-state index in [0.717, 1.165) is 18.1 Å². The predicted molar refractivity (Wildman–Crippen MR) is 77.4 cm³/mol. The fourth-order valence-corrected chi connectivity index (χ4v) is 2.73. The summed E-state index contributed by atoms with van der Waals surface area (Å²) >= 11 is 0.